The van der Waals surface area contributed by atoms with E-state index in [-0.39, 0.29) is 24.9 Å². The van der Waals surface area contributed by atoms with Crippen LogP contribution in [-0.2, 0) is 14.3 Å². The Morgan fingerprint density at radius 2 is 0.981 bits per heavy atom. The number of rotatable bonds is 38. The van der Waals surface area contributed by atoms with Crippen LogP contribution in [-0.4, -0.2) is 46.9 Å². The van der Waals surface area contributed by atoms with E-state index in [1.807, 2.05) is 54.7 Å². The first-order chi connectivity index (χ1) is 26.0. The van der Waals surface area contributed by atoms with Gasteiger partial charge in [0.1, 0.15) is 6.10 Å². The third-order valence-corrected chi connectivity index (χ3v) is 9.74. The number of hydrogen-bond donors (Lipinski definition) is 3. The number of aliphatic hydroxyl groups is 2. The van der Waals surface area contributed by atoms with E-state index in [1.54, 1.807) is 0 Å². The van der Waals surface area contributed by atoms with Crippen LogP contribution in [0.15, 0.2) is 60.8 Å². The highest BCUT2D eigenvalue weighted by Crippen LogP contribution is 2.16. The van der Waals surface area contributed by atoms with Crippen LogP contribution >= 0.6 is 0 Å². The first kappa shape index (κ1) is 50.6. The van der Waals surface area contributed by atoms with Crippen molar-refractivity contribution < 1.29 is 24.5 Å². The number of nitrogens with one attached hydrogen (secondary N) is 1. The van der Waals surface area contributed by atoms with Crippen LogP contribution in [0.5, 0.6) is 0 Å². The second kappa shape index (κ2) is 40.7. The Bertz CT molecular complexity index is 968. The summed E-state index contributed by atoms with van der Waals surface area (Å²) in [6.45, 7) is 6.26. The maximum absolute atomic E-state index is 13.0. The molecule has 6 heteroatoms. The van der Waals surface area contributed by atoms with Gasteiger partial charge in [0.2, 0.25) is 5.91 Å². The Morgan fingerprint density at radius 1 is 0.566 bits per heavy atom. The highest BCUT2D eigenvalue weighted by atomic mass is 16.5. The average molecular weight is 742 g/mol. The molecule has 0 saturated heterocycles. The number of esters is 1. The highest BCUT2D eigenvalue weighted by Gasteiger charge is 2.23. The Labute approximate surface area is 327 Å². The van der Waals surface area contributed by atoms with E-state index in [0.717, 1.165) is 44.9 Å². The number of carbonyl (C=O) groups is 2. The van der Waals surface area contributed by atoms with E-state index in [0.29, 0.717) is 19.3 Å². The summed E-state index contributed by atoms with van der Waals surface area (Å²) in [6, 6.07) is -0.736. The van der Waals surface area contributed by atoms with E-state index in [1.165, 1.54) is 109 Å². The van der Waals surface area contributed by atoms with E-state index in [2.05, 4.69) is 32.2 Å². The van der Waals surface area contributed by atoms with Crippen molar-refractivity contribution in [3.8, 4) is 0 Å². The zero-order valence-corrected chi connectivity index (χ0v) is 34.6. The van der Waals surface area contributed by atoms with Crippen LogP contribution in [0.2, 0.25) is 0 Å². The van der Waals surface area contributed by atoms with Gasteiger partial charge in [0, 0.05) is 12.8 Å². The highest BCUT2D eigenvalue weighted by molar-refractivity contribution is 5.77. The Balaban J connectivity index is 4.72. The lowest BCUT2D eigenvalue weighted by Gasteiger charge is -2.24. The third-order valence-electron chi connectivity index (χ3n) is 9.74. The standard InChI is InChI=1S/C47H83NO5/c1-4-7-10-13-16-19-21-22-23-25-28-31-34-37-40-47(52)53-43(38-35-32-29-27-24-20-17-14-11-8-5-2)41-46(51)48-44(42-49)45(50)39-36-33-30-26-18-15-12-9-6-3/h8,11,14,17,20,24,27,29,32,35,43-45,49-50H,4-7,9-10,12-13,15-16,18-19,21-23,25-26,28,30-31,33-34,36-42H2,1-3H3,(H,48,51)/b11-8+,17-14+,24-20-,29-27-,35-32+. The van der Waals surface area contributed by atoms with Gasteiger partial charge < -0.3 is 20.3 Å². The summed E-state index contributed by atoms with van der Waals surface area (Å²) in [6.07, 6.45) is 48.8. The molecule has 0 bridgehead atoms. The van der Waals surface area contributed by atoms with Crippen molar-refractivity contribution in [3.63, 3.8) is 0 Å². The molecule has 0 aliphatic carbocycles. The smallest absolute Gasteiger partial charge is 0.306 e. The first-order valence-corrected chi connectivity index (χ1v) is 22.1. The maximum Gasteiger partial charge on any atom is 0.306 e. The van der Waals surface area contributed by atoms with Gasteiger partial charge >= 0.3 is 5.97 Å². The van der Waals surface area contributed by atoms with Crippen LogP contribution < -0.4 is 5.32 Å². The molecule has 0 radical (unpaired) electrons. The molecule has 0 saturated carbocycles. The zero-order chi connectivity index (χ0) is 38.9. The van der Waals surface area contributed by atoms with Gasteiger partial charge in [0.15, 0.2) is 0 Å². The van der Waals surface area contributed by atoms with Crippen molar-refractivity contribution in [2.24, 2.45) is 0 Å². The minimum absolute atomic E-state index is 0.0181. The lowest BCUT2D eigenvalue weighted by Crippen LogP contribution is -2.46. The molecule has 0 fully saturated rings. The van der Waals surface area contributed by atoms with Gasteiger partial charge in [-0.25, -0.2) is 0 Å². The monoisotopic (exact) mass is 742 g/mol. The van der Waals surface area contributed by atoms with Gasteiger partial charge in [-0.2, -0.15) is 0 Å². The van der Waals surface area contributed by atoms with E-state index >= 15 is 0 Å². The fourth-order valence-electron chi connectivity index (χ4n) is 6.39. The molecule has 306 valence electrons. The zero-order valence-electron chi connectivity index (χ0n) is 34.6. The predicted molar refractivity (Wildman–Crippen MR) is 227 cm³/mol. The fraction of sp³-hybridized carbons (Fsp3) is 0.745. The van der Waals surface area contributed by atoms with E-state index in [4.69, 9.17) is 4.74 Å². The molecule has 3 unspecified atom stereocenters. The van der Waals surface area contributed by atoms with Crippen LogP contribution in [0, 0.1) is 0 Å². The van der Waals surface area contributed by atoms with Crippen molar-refractivity contribution in [2.45, 2.75) is 219 Å². The maximum atomic E-state index is 13.0. The van der Waals surface area contributed by atoms with E-state index < -0.39 is 18.2 Å². The minimum atomic E-state index is -0.814. The summed E-state index contributed by atoms with van der Waals surface area (Å²) in [4.78, 5) is 25.9. The molecule has 0 aromatic carbocycles. The molecule has 0 rings (SSSR count). The van der Waals surface area contributed by atoms with Gasteiger partial charge in [0.05, 0.1) is 25.2 Å². The molecule has 0 aromatic rings. The quantitative estimate of drug-likeness (QED) is 0.0333. The molecule has 53 heavy (non-hydrogen) atoms. The van der Waals surface area contributed by atoms with Crippen molar-refractivity contribution >= 4 is 11.9 Å². The number of ether oxygens (including phenoxy) is 1. The summed E-state index contributed by atoms with van der Waals surface area (Å²) in [5.41, 5.74) is 0. The van der Waals surface area contributed by atoms with Crippen molar-refractivity contribution in [2.75, 3.05) is 6.61 Å². The topological polar surface area (TPSA) is 95.9 Å². The molecule has 0 spiro atoms. The molecule has 3 N–H and O–H groups in total. The van der Waals surface area contributed by atoms with Crippen molar-refractivity contribution in [1.29, 1.82) is 0 Å². The number of amides is 1. The average Bonchev–Trinajstić information content (AvgIpc) is 3.15. The number of unbranched alkanes of at least 4 members (excludes halogenated alkanes) is 21. The number of allylic oxidation sites excluding steroid dienone is 9. The molecule has 1 amide bonds. The van der Waals surface area contributed by atoms with Gasteiger partial charge in [-0.05, 0) is 19.3 Å². The second-order valence-corrected chi connectivity index (χ2v) is 14.9. The van der Waals surface area contributed by atoms with Crippen LogP contribution in [0.4, 0.5) is 0 Å². The van der Waals surface area contributed by atoms with Gasteiger partial charge in [0.25, 0.3) is 0 Å². The Kier molecular flexibility index (Phi) is 38.9. The van der Waals surface area contributed by atoms with Gasteiger partial charge in [-0.3, -0.25) is 9.59 Å². The summed E-state index contributed by atoms with van der Waals surface area (Å²) < 4.78 is 5.81. The minimum Gasteiger partial charge on any atom is -0.461 e. The Morgan fingerprint density at radius 3 is 1.43 bits per heavy atom. The van der Waals surface area contributed by atoms with E-state index in [9.17, 15) is 19.8 Å². The molecule has 6 nitrogen and oxygen atoms in total. The molecule has 0 aliphatic heterocycles. The lowest BCUT2D eigenvalue weighted by molar-refractivity contribution is -0.150. The first-order valence-electron chi connectivity index (χ1n) is 22.1. The summed E-state index contributed by atoms with van der Waals surface area (Å²) in [5.74, 6) is -0.609. The lowest BCUT2D eigenvalue weighted by atomic mass is 10.0. The number of aliphatic hydroxyl groups excluding tert-OH is 2. The van der Waals surface area contributed by atoms with Crippen molar-refractivity contribution in [1.82, 2.24) is 5.32 Å². The van der Waals surface area contributed by atoms with Crippen molar-refractivity contribution in [3.05, 3.63) is 60.8 Å². The van der Waals surface area contributed by atoms with Crippen LogP contribution in [0.25, 0.3) is 0 Å². The van der Waals surface area contributed by atoms with Gasteiger partial charge in [-0.15, -0.1) is 0 Å². The second-order valence-electron chi connectivity index (χ2n) is 14.9. The number of hydrogen-bond acceptors (Lipinski definition) is 5. The SMILES string of the molecule is CC/C=C/C=C/C=C\C=C/C=C/CC(CC(=O)NC(CO)C(O)CCCCCCCCCCC)OC(=O)CCCCCCCCCCCCCCCC. The predicted octanol–water partition coefficient (Wildman–Crippen LogP) is 12.5. The number of carbonyl (C=O) groups excluding carboxylic acids is 2. The molecule has 3 atom stereocenters. The summed E-state index contributed by atoms with van der Waals surface area (Å²) in [5, 5.41) is 23.5. The fourth-order valence-corrected chi connectivity index (χ4v) is 6.39. The third kappa shape index (κ3) is 36.3. The molecule has 0 aromatic heterocycles. The normalized spacial score (nSPS) is 14.0. The summed E-state index contributed by atoms with van der Waals surface area (Å²) in [7, 11) is 0. The summed E-state index contributed by atoms with van der Waals surface area (Å²) >= 11 is 0. The van der Waals surface area contributed by atoms with Crippen LogP contribution in [0.1, 0.15) is 201 Å². The molecular formula is C47H83NO5. The molecule has 0 aliphatic rings. The Hall–Kier alpha value is -2.44. The van der Waals surface area contributed by atoms with Gasteiger partial charge in [-0.1, -0.05) is 223 Å². The van der Waals surface area contributed by atoms with Crippen LogP contribution in [0.3, 0.4) is 0 Å². The molecular weight excluding hydrogens is 659 g/mol. The largest absolute Gasteiger partial charge is 0.461 e. The molecule has 0 heterocycles.